The molecule has 1 amide bonds. The van der Waals surface area contributed by atoms with Crippen LogP contribution in [0.3, 0.4) is 0 Å². The van der Waals surface area contributed by atoms with Crippen LogP contribution in [0.4, 0.5) is 5.82 Å². The van der Waals surface area contributed by atoms with E-state index in [1.165, 1.54) is 0 Å². The third-order valence-corrected chi connectivity index (χ3v) is 5.26. The molecular formula is C23H28N4O2. The number of anilines is 1. The highest BCUT2D eigenvalue weighted by molar-refractivity contribution is 5.94. The Morgan fingerprint density at radius 3 is 2.72 bits per heavy atom. The van der Waals surface area contributed by atoms with Crippen molar-refractivity contribution in [3.63, 3.8) is 0 Å². The van der Waals surface area contributed by atoms with Gasteiger partial charge in [-0.2, -0.15) is 5.26 Å². The average Bonchev–Trinajstić information content (AvgIpc) is 2.78. The molecule has 2 heterocycles. The summed E-state index contributed by atoms with van der Waals surface area (Å²) < 4.78 is 5.64. The molecule has 1 saturated heterocycles. The summed E-state index contributed by atoms with van der Waals surface area (Å²) in [6.07, 6.45) is 5.78. The van der Waals surface area contributed by atoms with Crippen molar-refractivity contribution < 1.29 is 9.53 Å². The number of carbonyl (C=O) groups is 1. The molecule has 0 atom stereocenters. The van der Waals surface area contributed by atoms with E-state index in [9.17, 15) is 10.1 Å². The minimum absolute atomic E-state index is 0.0518. The largest absolute Gasteiger partial charge is 0.494 e. The lowest BCUT2D eigenvalue weighted by molar-refractivity contribution is 0.0945. The van der Waals surface area contributed by atoms with Gasteiger partial charge in [-0.25, -0.2) is 4.98 Å². The molecule has 1 aliphatic rings. The van der Waals surface area contributed by atoms with Crippen molar-refractivity contribution in [3.8, 4) is 11.8 Å². The van der Waals surface area contributed by atoms with Crippen LogP contribution < -0.4 is 15.0 Å². The monoisotopic (exact) mass is 392 g/mol. The number of unbranched alkanes of at least 4 members (excludes halogenated alkanes) is 1. The summed E-state index contributed by atoms with van der Waals surface area (Å²) in [5.74, 6) is 1.94. The zero-order valence-electron chi connectivity index (χ0n) is 16.9. The first kappa shape index (κ1) is 20.7. The quantitative estimate of drug-likeness (QED) is 0.692. The van der Waals surface area contributed by atoms with Gasteiger partial charge in [0, 0.05) is 31.4 Å². The van der Waals surface area contributed by atoms with E-state index < -0.39 is 0 Å². The Morgan fingerprint density at radius 1 is 1.28 bits per heavy atom. The van der Waals surface area contributed by atoms with Crippen molar-refractivity contribution >= 4 is 11.7 Å². The Balaban J connectivity index is 1.44. The molecule has 0 spiro atoms. The first-order valence-electron chi connectivity index (χ1n) is 10.3. The number of nitrogens with one attached hydrogen (secondary N) is 1. The van der Waals surface area contributed by atoms with Crippen molar-refractivity contribution in [2.45, 2.75) is 32.6 Å². The molecule has 6 nitrogen and oxygen atoms in total. The number of nitriles is 1. The maximum atomic E-state index is 12.4. The number of ether oxygens (including phenoxy) is 1. The Bertz CT molecular complexity index is 837. The summed E-state index contributed by atoms with van der Waals surface area (Å²) in [6.45, 7) is 5.18. The van der Waals surface area contributed by atoms with E-state index in [2.05, 4.69) is 28.2 Å². The molecule has 1 aromatic carbocycles. The van der Waals surface area contributed by atoms with E-state index in [4.69, 9.17) is 4.74 Å². The molecule has 1 fully saturated rings. The SMILES string of the molecule is CCCCOc1ccc(C(=O)NCC2CCN(c3ncccc3C#N)CC2)cc1. The van der Waals surface area contributed by atoms with E-state index in [0.29, 0.717) is 30.2 Å². The van der Waals surface area contributed by atoms with Gasteiger partial charge in [0.05, 0.1) is 12.2 Å². The second-order valence-corrected chi connectivity index (χ2v) is 7.35. The van der Waals surface area contributed by atoms with Crippen LogP contribution in [-0.2, 0) is 0 Å². The molecule has 0 unspecified atom stereocenters. The van der Waals surface area contributed by atoms with Gasteiger partial charge in [0.2, 0.25) is 0 Å². The zero-order valence-corrected chi connectivity index (χ0v) is 16.9. The highest BCUT2D eigenvalue weighted by Gasteiger charge is 2.22. The van der Waals surface area contributed by atoms with Crippen molar-refractivity contribution in [3.05, 3.63) is 53.7 Å². The number of carbonyl (C=O) groups excluding carboxylic acids is 1. The highest BCUT2D eigenvalue weighted by Crippen LogP contribution is 2.24. The molecule has 152 valence electrons. The van der Waals surface area contributed by atoms with E-state index in [0.717, 1.165) is 50.3 Å². The molecule has 1 N–H and O–H groups in total. The molecule has 0 saturated carbocycles. The first-order chi connectivity index (χ1) is 14.2. The summed E-state index contributed by atoms with van der Waals surface area (Å²) in [4.78, 5) is 18.9. The van der Waals surface area contributed by atoms with Gasteiger partial charge >= 0.3 is 0 Å². The molecule has 0 aliphatic carbocycles. The number of pyridine rings is 1. The second-order valence-electron chi connectivity index (χ2n) is 7.35. The summed E-state index contributed by atoms with van der Waals surface area (Å²) in [5.41, 5.74) is 1.26. The predicted molar refractivity (Wildman–Crippen MR) is 113 cm³/mol. The number of hydrogen-bond donors (Lipinski definition) is 1. The molecule has 2 aromatic rings. The summed E-state index contributed by atoms with van der Waals surface area (Å²) in [6, 6.07) is 13.1. The van der Waals surface area contributed by atoms with Gasteiger partial charge < -0.3 is 15.0 Å². The van der Waals surface area contributed by atoms with Crippen LogP contribution in [0, 0.1) is 17.2 Å². The van der Waals surface area contributed by atoms with Gasteiger partial charge in [-0.1, -0.05) is 13.3 Å². The van der Waals surface area contributed by atoms with Crippen LogP contribution in [0.1, 0.15) is 48.5 Å². The van der Waals surface area contributed by atoms with Gasteiger partial charge in [-0.15, -0.1) is 0 Å². The number of aromatic nitrogens is 1. The summed E-state index contributed by atoms with van der Waals surface area (Å²) in [7, 11) is 0. The molecule has 6 heteroatoms. The smallest absolute Gasteiger partial charge is 0.251 e. The number of benzene rings is 1. The molecule has 1 aliphatic heterocycles. The van der Waals surface area contributed by atoms with Crippen molar-refractivity contribution in [2.75, 3.05) is 31.1 Å². The van der Waals surface area contributed by atoms with Crippen LogP contribution in [0.5, 0.6) is 5.75 Å². The number of piperidine rings is 1. The lowest BCUT2D eigenvalue weighted by Crippen LogP contribution is -2.39. The average molecular weight is 393 g/mol. The lowest BCUT2D eigenvalue weighted by atomic mass is 9.96. The van der Waals surface area contributed by atoms with Crippen molar-refractivity contribution in [1.29, 1.82) is 5.26 Å². The number of nitrogens with zero attached hydrogens (tertiary/aromatic N) is 3. The van der Waals surface area contributed by atoms with Crippen molar-refractivity contribution in [2.24, 2.45) is 5.92 Å². The van der Waals surface area contributed by atoms with Gasteiger partial charge in [0.25, 0.3) is 5.91 Å². The molecule has 1 aromatic heterocycles. The van der Waals surface area contributed by atoms with Crippen LogP contribution in [0.25, 0.3) is 0 Å². The molecule has 0 radical (unpaired) electrons. The normalized spacial score (nSPS) is 14.3. The maximum absolute atomic E-state index is 12.4. The topological polar surface area (TPSA) is 78.2 Å². The van der Waals surface area contributed by atoms with Gasteiger partial charge in [-0.3, -0.25) is 4.79 Å². The molecule has 29 heavy (non-hydrogen) atoms. The maximum Gasteiger partial charge on any atom is 0.251 e. The fraction of sp³-hybridized carbons (Fsp3) is 0.435. The lowest BCUT2D eigenvalue weighted by Gasteiger charge is -2.33. The molecule has 0 bridgehead atoms. The Hall–Kier alpha value is -3.07. The fourth-order valence-electron chi connectivity index (χ4n) is 3.46. The molecule has 3 rings (SSSR count). The van der Waals surface area contributed by atoms with Gasteiger partial charge in [-0.05, 0) is 61.6 Å². The van der Waals surface area contributed by atoms with Gasteiger partial charge in [0.1, 0.15) is 17.6 Å². The summed E-state index contributed by atoms with van der Waals surface area (Å²) in [5, 5.41) is 12.3. The van der Waals surface area contributed by atoms with Crippen LogP contribution >= 0.6 is 0 Å². The Kier molecular flexibility index (Phi) is 7.46. The first-order valence-corrected chi connectivity index (χ1v) is 10.3. The van der Waals surface area contributed by atoms with E-state index in [1.54, 1.807) is 18.3 Å². The third-order valence-electron chi connectivity index (χ3n) is 5.26. The van der Waals surface area contributed by atoms with E-state index in [-0.39, 0.29) is 5.91 Å². The highest BCUT2D eigenvalue weighted by atomic mass is 16.5. The van der Waals surface area contributed by atoms with Gasteiger partial charge in [0.15, 0.2) is 0 Å². The van der Waals surface area contributed by atoms with E-state index in [1.807, 2.05) is 24.3 Å². The minimum atomic E-state index is -0.0518. The number of hydrogen-bond acceptors (Lipinski definition) is 5. The fourth-order valence-corrected chi connectivity index (χ4v) is 3.46. The standard InChI is InChI=1S/C23H28N4O2/c1-2-3-15-29-21-8-6-19(7-9-21)23(28)26-17-18-10-13-27(14-11-18)22-20(16-24)5-4-12-25-22/h4-9,12,18H,2-3,10-11,13-15,17H2,1H3,(H,26,28). The Morgan fingerprint density at radius 2 is 2.03 bits per heavy atom. The second kappa shape index (κ2) is 10.5. The van der Waals surface area contributed by atoms with E-state index >= 15 is 0 Å². The van der Waals surface area contributed by atoms with Crippen LogP contribution in [-0.4, -0.2) is 37.1 Å². The number of amides is 1. The number of rotatable bonds is 8. The predicted octanol–water partition coefficient (Wildman–Crippen LogP) is 3.78. The van der Waals surface area contributed by atoms with Crippen LogP contribution in [0.2, 0.25) is 0 Å². The Labute approximate surface area is 172 Å². The minimum Gasteiger partial charge on any atom is -0.494 e. The van der Waals surface area contributed by atoms with Crippen molar-refractivity contribution in [1.82, 2.24) is 10.3 Å². The molecular weight excluding hydrogens is 364 g/mol. The zero-order chi connectivity index (χ0) is 20.5. The van der Waals surface area contributed by atoms with Crippen LogP contribution in [0.15, 0.2) is 42.6 Å². The third kappa shape index (κ3) is 5.71. The summed E-state index contributed by atoms with van der Waals surface area (Å²) >= 11 is 0.